The van der Waals surface area contributed by atoms with Gasteiger partial charge < -0.3 is 24.2 Å². The maximum Gasteiger partial charge on any atom is 0.347 e. The fourth-order valence-electron chi connectivity index (χ4n) is 4.46. The van der Waals surface area contributed by atoms with Gasteiger partial charge >= 0.3 is 23.5 Å². The number of anilines is 1. The summed E-state index contributed by atoms with van der Waals surface area (Å²) in [6.45, 7) is 6.29. The van der Waals surface area contributed by atoms with Crippen molar-refractivity contribution in [2.45, 2.75) is 52.9 Å². The Kier molecular flexibility index (Phi) is 12.3. The van der Waals surface area contributed by atoms with Gasteiger partial charge in [-0.05, 0) is 82.6 Å². The molecule has 1 amide bonds. The minimum absolute atomic E-state index is 0.119. The highest BCUT2D eigenvalue weighted by molar-refractivity contribution is 6.06. The van der Waals surface area contributed by atoms with Crippen LogP contribution in [-0.2, 0) is 28.6 Å². The number of hydroxylamine groups is 1. The quantitative estimate of drug-likeness (QED) is 0.115. The first-order chi connectivity index (χ1) is 22.7. The third-order valence-corrected chi connectivity index (χ3v) is 7.21. The first kappa shape index (κ1) is 35.0. The van der Waals surface area contributed by atoms with Crippen LogP contribution in [0.5, 0.6) is 5.75 Å². The van der Waals surface area contributed by atoms with Gasteiger partial charge in [0.2, 0.25) is 0 Å². The van der Waals surface area contributed by atoms with E-state index in [1.807, 2.05) is 0 Å². The standard InChI is InChI=1S/C18H23NO6.C16H17NO5/c1-3-23-17(21)11-16(20)19(25-12-13-9-10-13)15-8-6-5-7-14(15)18(22)24-4-2;1-2-21-16(20)13-14(18)11-5-3-4-6-12(11)17(15(13)19)22-9-10-7-8-10/h5-8,13H,3-4,9-12H2,1-2H3;3-6,10,18H,2,7-9H2,1H3. The van der Waals surface area contributed by atoms with E-state index in [2.05, 4.69) is 0 Å². The zero-order chi connectivity index (χ0) is 33.9. The highest BCUT2D eigenvalue weighted by atomic mass is 16.7. The number of benzene rings is 2. The van der Waals surface area contributed by atoms with Gasteiger partial charge in [0.1, 0.15) is 18.8 Å². The monoisotopic (exact) mass is 652 g/mol. The van der Waals surface area contributed by atoms with E-state index in [-0.39, 0.29) is 36.8 Å². The van der Waals surface area contributed by atoms with Crippen molar-refractivity contribution in [3.8, 4) is 5.75 Å². The third kappa shape index (κ3) is 9.32. The van der Waals surface area contributed by atoms with Crippen LogP contribution in [-0.4, -0.2) is 66.7 Å². The van der Waals surface area contributed by atoms with E-state index in [1.54, 1.807) is 69.3 Å². The molecule has 0 unspecified atom stereocenters. The fraction of sp³-hybridized carbons (Fsp3) is 0.441. The number of ether oxygens (including phenoxy) is 3. The number of nitrogens with zero attached hydrogens (tertiary/aromatic N) is 2. The number of hydrogen-bond acceptors (Lipinski definition) is 11. The van der Waals surface area contributed by atoms with Crippen LogP contribution in [0.25, 0.3) is 10.9 Å². The van der Waals surface area contributed by atoms with E-state index < -0.39 is 41.4 Å². The second-order valence-electron chi connectivity index (χ2n) is 10.9. The molecule has 0 radical (unpaired) electrons. The summed E-state index contributed by atoms with van der Waals surface area (Å²) in [5, 5.41) is 11.7. The summed E-state index contributed by atoms with van der Waals surface area (Å²) in [4.78, 5) is 72.1. The second-order valence-corrected chi connectivity index (χ2v) is 10.9. The summed E-state index contributed by atoms with van der Waals surface area (Å²) in [6.07, 6.45) is 3.78. The van der Waals surface area contributed by atoms with E-state index in [0.717, 1.165) is 35.5 Å². The van der Waals surface area contributed by atoms with Crippen LogP contribution in [0.1, 0.15) is 73.6 Å². The van der Waals surface area contributed by atoms with Crippen molar-refractivity contribution in [1.29, 1.82) is 0 Å². The van der Waals surface area contributed by atoms with Gasteiger partial charge in [-0.3, -0.25) is 19.2 Å². The van der Waals surface area contributed by atoms with Crippen LogP contribution in [0.2, 0.25) is 0 Å². The normalized spacial score (nSPS) is 13.6. The summed E-state index contributed by atoms with van der Waals surface area (Å²) < 4.78 is 15.8. The predicted octanol–water partition coefficient (Wildman–Crippen LogP) is 4.21. The summed E-state index contributed by atoms with van der Waals surface area (Å²) in [6, 6.07) is 13.2. The predicted molar refractivity (Wildman–Crippen MR) is 170 cm³/mol. The van der Waals surface area contributed by atoms with Gasteiger partial charge in [-0.2, -0.15) is 5.06 Å². The molecule has 1 N–H and O–H groups in total. The number of aromatic hydroxyl groups is 1. The number of carbonyl (C=O) groups excluding carboxylic acids is 4. The maximum absolute atomic E-state index is 12.5. The van der Waals surface area contributed by atoms with E-state index in [0.29, 0.717) is 36.0 Å². The number of pyridine rings is 1. The number of esters is 3. The van der Waals surface area contributed by atoms with Crippen molar-refractivity contribution in [2.24, 2.45) is 11.8 Å². The molecule has 2 fully saturated rings. The van der Waals surface area contributed by atoms with E-state index in [4.69, 9.17) is 23.9 Å². The SMILES string of the molecule is CCOC(=O)CC(=O)N(OCC1CC1)c1ccccc1C(=O)OCC.CCOC(=O)c1c(O)c2ccccc2n(OCC2CC2)c1=O. The lowest BCUT2D eigenvalue weighted by Crippen LogP contribution is -2.35. The molecule has 2 saturated carbocycles. The van der Waals surface area contributed by atoms with Crippen LogP contribution in [0.3, 0.4) is 0 Å². The number of carbonyl (C=O) groups is 4. The zero-order valence-corrected chi connectivity index (χ0v) is 26.8. The number of para-hydroxylation sites is 2. The number of amides is 1. The molecule has 47 heavy (non-hydrogen) atoms. The molecule has 0 spiro atoms. The molecule has 1 heterocycles. The van der Waals surface area contributed by atoms with Gasteiger partial charge in [0, 0.05) is 5.39 Å². The molecular formula is C34H40N2O11. The van der Waals surface area contributed by atoms with Gasteiger partial charge in [0.15, 0.2) is 5.56 Å². The number of aromatic nitrogens is 1. The minimum Gasteiger partial charge on any atom is -0.506 e. The average Bonchev–Trinajstić information content (AvgIpc) is 3.99. The van der Waals surface area contributed by atoms with Crippen molar-refractivity contribution in [3.05, 3.63) is 70.0 Å². The van der Waals surface area contributed by atoms with E-state index in [9.17, 15) is 29.1 Å². The Morgan fingerprint density at radius 3 is 2.06 bits per heavy atom. The molecule has 252 valence electrons. The topological polar surface area (TPSA) is 160 Å². The van der Waals surface area contributed by atoms with Crippen molar-refractivity contribution in [3.63, 3.8) is 0 Å². The number of rotatable bonds is 14. The summed E-state index contributed by atoms with van der Waals surface area (Å²) in [5.74, 6) is -2.15. The lowest BCUT2D eigenvalue weighted by molar-refractivity contribution is -0.147. The van der Waals surface area contributed by atoms with Crippen LogP contribution >= 0.6 is 0 Å². The average molecular weight is 653 g/mol. The van der Waals surface area contributed by atoms with Crippen LogP contribution < -0.4 is 15.5 Å². The molecular weight excluding hydrogens is 612 g/mol. The van der Waals surface area contributed by atoms with Crippen molar-refractivity contribution in [2.75, 3.05) is 38.1 Å². The Bertz CT molecular complexity index is 1640. The smallest absolute Gasteiger partial charge is 0.347 e. The molecule has 13 nitrogen and oxygen atoms in total. The highest BCUT2D eigenvalue weighted by Gasteiger charge is 2.30. The Balaban J connectivity index is 0.000000214. The largest absolute Gasteiger partial charge is 0.506 e. The van der Waals surface area contributed by atoms with Crippen LogP contribution in [0, 0.1) is 11.8 Å². The highest BCUT2D eigenvalue weighted by Crippen LogP contribution is 2.31. The third-order valence-electron chi connectivity index (χ3n) is 7.21. The molecule has 13 heteroatoms. The van der Waals surface area contributed by atoms with Gasteiger partial charge in [-0.1, -0.05) is 24.3 Å². The van der Waals surface area contributed by atoms with Gasteiger partial charge in [0.25, 0.3) is 5.91 Å². The summed E-state index contributed by atoms with van der Waals surface area (Å²) >= 11 is 0. The molecule has 5 rings (SSSR count). The molecule has 0 saturated heterocycles. The molecule has 1 aromatic heterocycles. The van der Waals surface area contributed by atoms with Crippen molar-refractivity contribution in [1.82, 2.24) is 4.73 Å². The molecule has 0 aliphatic heterocycles. The van der Waals surface area contributed by atoms with Gasteiger partial charge in [-0.25, -0.2) is 9.59 Å². The molecule has 3 aromatic rings. The van der Waals surface area contributed by atoms with Gasteiger partial charge in [0.05, 0.1) is 43.2 Å². The fourth-order valence-corrected chi connectivity index (χ4v) is 4.46. The Morgan fingerprint density at radius 2 is 1.40 bits per heavy atom. The summed E-state index contributed by atoms with van der Waals surface area (Å²) in [5.41, 5.74) is -0.196. The molecule has 2 aliphatic rings. The van der Waals surface area contributed by atoms with E-state index in [1.165, 1.54) is 0 Å². The Hall–Kier alpha value is -4.91. The zero-order valence-electron chi connectivity index (χ0n) is 26.8. The second kappa shape index (κ2) is 16.6. The maximum atomic E-state index is 12.5. The number of hydrogen-bond donors (Lipinski definition) is 1. The van der Waals surface area contributed by atoms with Crippen LogP contribution in [0.4, 0.5) is 5.69 Å². The lowest BCUT2D eigenvalue weighted by Gasteiger charge is -2.23. The Labute approximate surface area is 271 Å². The first-order valence-corrected chi connectivity index (χ1v) is 15.7. The number of fused-ring (bicyclic) bond motifs is 1. The molecule has 2 aromatic carbocycles. The molecule has 0 bridgehead atoms. The molecule has 0 atom stereocenters. The van der Waals surface area contributed by atoms with Crippen molar-refractivity contribution >= 4 is 40.4 Å². The minimum atomic E-state index is -0.848. The lowest BCUT2D eigenvalue weighted by atomic mass is 10.1. The Morgan fingerprint density at radius 1 is 0.809 bits per heavy atom. The molecule has 2 aliphatic carbocycles. The van der Waals surface area contributed by atoms with Gasteiger partial charge in [-0.15, -0.1) is 4.73 Å². The van der Waals surface area contributed by atoms with E-state index >= 15 is 0 Å². The van der Waals surface area contributed by atoms with Crippen molar-refractivity contribution < 1.29 is 48.2 Å². The first-order valence-electron chi connectivity index (χ1n) is 15.7. The summed E-state index contributed by atoms with van der Waals surface area (Å²) in [7, 11) is 0. The van der Waals surface area contributed by atoms with Crippen LogP contribution in [0.15, 0.2) is 53.3 Å².